The van der Waals surface area contributed by atoms with Gasteiger partial charge in [-0.15, -0.1) is 0 Å². The fraction of sp³-hybridized carbons (Fsp3) is 0.375. The molecule has 5 rings (SSSR count). The van der Waals surface area contributed by atoms with Crippen molar-refractivity contribution in [2.45, 2.75) is 51.6 Å². The number of carbonyl (C=O) groups excluding carboxylic acids is 2. The van der Waals surface area contributed by atoms with Crippen molar-refractivity contribution in [2.24, 2.45) is 11.7 Å². The van der Waals surface area contributed by atoms with Crippen molar-refractivity contribution in [1.29, 1.82) is 0 Å². The van der Waals surface area contributed by atoms with Gasteiger partial charge in [0.1, 0.15) is 5.82 Å². The lowest BCUT2D eigenvalue weighted by Gasteiger charge is -2.29. The second kappa shape index (κ2) is 13.8. The number of piperidine rings is 1. The maximum atomic E-state index is 12.7. The predicted octanol–water partition coefficient (Wildman–Crippen LogP) is 4.15. The van der Waals surface area contributed by atoms with Crippen LogP contribution in [0.4, 0.5) is 17.5 Å². The first-order valence-corrected chi connectivity index (χ1v) is 13.8. The smallest absolute Gasteiger partial charge is 0.251 e. The van der Waals surface area contributed by atoms with Crippen molar-refractivity contribution in [3.63, 3.8) is 0 Å². The van der Waals surface area contributed by atoms with E-state index in [0.29, 0.717) is 22.9 Å². The van der Waals surface area contributed by atoms with Gasteiger partial charge in [-0.1, -0.05) is 43.9 Å². The van der Waals surface area contributed by atoms with Crippen LogP contribution in [-0.2, 0) is 4.79 Å². The van der Waals surface area contributed by atoms with Gasteiger partial charge in [0.05, 0.1) is 17.7 Å². The molecule has 9 nitrogen and oxygen atoms in total. The molecule has 5 N–H and O–H groups in total. The highest BCUT2D eigenvalue weighted by Gasteiger charge is 2.32. The quantitative estimate of drug-likeness (QED) is 0.324. The summed E-state index contributed by atoms with van der Waals surface area (Å²) in [6.07, 6.45) is 6.10. The topological polar surface area (TPSA) is 125 Å². The number of primary amides is 1. The van der Waals surface area contributed by atoms with Gasteiger partial charge in [-0.05, 0) is 82.2 Å². The first-order chi connectivity index (χ1) is 19.4. The minimum absolute atomic E-state index is 0. The van der Waals surface area contributed by atoms with E-state index in [9.17, 15) is 9.59 Å². The lowest BCUT2D eigenvalue weighted by Crippen LogP contribution is -2.43. The molecule has 0 spiro atoms. The molecule has 214 valence electrons. The highest BCUT2D eigenvalue weighted by molar-refractivity contribution is 5.94. The van der Waals surface area contributed by atoms with Crippen LogP contribution in [0.2, 0.25) is 0 Å². The molecule has 1 aliphatic heterocycles. The van der Waals surface area contributed by atoms with Gasteiger partial charge in [0.2, 0.25) is 11.9 Å². The monoisotopic (exact) mass is 553 g/mol. The van der Waals surface area contributed by atoms with Gasteiger partial charge in [-0.3, -0.25) is 9.59 Å². The largest absolute Gasteiger partial charge is 0.369 e. The van der Waals surface area contributed by atoms with E-state index < -0.39 is 0 Å². The number of nitrogens with one attached hydrogen (secondary N) is 3. The van der Waals surface area contributed by atoms with Crippen molar-refractivity contribution in [3.05, 3.63) is 77.5 Å². The van der Waals surface area contributed by atoms with E-state index in [1.807, 2.05) is 42.5 Å². The molecule has 1 aliphatic carbocycles. The third-order valence-electron chi connectivity index (χ3n) is 7.56. The van der Waals surface area contributed by atoms with Gasteiger partial charge >= 0.3 is 0 Å². The molecule has 0 unspecified atom stereocenters. The average Bonchev–Trinajstić information content (AvgIpc) is 3.43. The van der Waals surface area contributed by atoms with Gasteiger partial charge in [0, 0.05) is 28.9 Å². The summed E-state index contributed by atoms with van der Waals surface area (Å²) in [5, 5.41) is 9.78. The Bertz CT molecular complexity index is 1390. The minimum Gasteiger partial charge on any atom is -0.369 e. The first kappa shape index (κ1) is 29.6. The number of nitrogens with two attached hydrogens (primary N) is 1. The Morgan fingerprint density at radius 3 is 2.41 bits per heavy atom. The van der Waals surface area contributed by atoms with E-state index in [4.69, 9.17) is 10.7 Å². The van der Waals surface area contributed by atoms with Crippen molar-refractivity contribution in [2.75, 3.05) is 30.8 Å². The SMILES string of the molecule is C.CN1CCC(NC(=O)c2ccc(Nc3ncc(C#Cc4ccccc4)c(N[C@@H]4CCC[C@@H]4C(N)=O)n3)cc2)CC1. The molecule has 2 fully saturated rings. The van der Waals surface area contributed by atoms with E-state index in [1.54, 1.807) is 18.3 Å². The molecule has 3 aromatic rings. The Balaban J connectivity index is 0.00000387. The number of hydrogen-bond donors (Lipinski definition) is 4. The zero-order valence-electron chi connectivity index (χ0n) is 22.7. The van der Waals surface area contributed by atoms with Gasteiger partial charge < -0.3 is 26.6 Å². The first-order valence-electron chi connectivity index (χ1n) is 13.8. The molecule has 2 aliphatic rings. The molecule has 41 heavy (non-hydrogen) atoms. The number of hydrogen-bond acceptors (Lipinski definition) is 7. The molecule has 1 saturated heterocycles. The van der Waals surface area contributed by atoms with E-state index in [-0.39, 0.29) is 37.2 Å². The molecule has 0 bridgehead atoms. The van der Waals surface area contributed by atoms with E-state index in [0.717, 1.165) is 56.4 Å². The Hall–Kier alpha value is -4.42. The zero-order chi connectivity index (χ0) is 27.9. The minimum atomic E-state index is -0.306. The number of nitrogens with zero attached hydrogens (tertiary/aromatic N) is 3. The molecule has 2 atom stereocenters. The summed E-state index contributed by atoms with van der Waals surface area (Å²) in [5.74, 6) is 6.62. The molecule has 2 aromatic carbocycles. The number of amides is 2. The van der Waals surface area contributed by atoms with Gasteiger partial charge in [0.15, 0.2) is 0 Å². The van der Waals surface area contributed by atoms with Gasteiger partial charge in [-0.25, -0.2) is 4.98 Å². The number of aromatic nitrogens is 2. The van der Waals surface area contributed by atoms with E-state index >= 15 is 0 Å². The molecule has 2 amide bonds. The van der Waals surface area contributed by atoms with E-state index in [1.165, 1.54) is 0 Å². The molecule has 9 heteroatoms. The molecule has 2 heterocycles. The van der Waals surface area contributed by atoms with Crippen molar-refractivity contribution < 1.29 is 9.59 Å². The Morgan fingerprint density at radius 2 is 1.71 bits per heavy atom. The molecular formula is C32H39N7O2. The third-order valence-corrected chi connectivity index (χ3v) is 7.56. The van der Waals surface area contributed by atoms with Crippen LogP contribution in [0.5, 0.6) is 0 Å². The summed E-state index contributed by atoms with van der Waals surface area (Å²) in [5.41, 5.74) is 8.53. The lowest BCUT2D eigenvalue weighted by atomic mass is 10.0. The van der Waals surface area contributed by atoms with Crippen LogP contribution < -0.4 is 21.7 Å². The van der Waals surface area contributed by atoms with Crippen LogP contribution in [0.1, 0.15) is 61.0 Å². The van der Waals surface area contributed by atoms with Crippen molar-refractivity contribution in [3.8, 4) is 11.8 Å². The molecule has 1 saturated carbocycles. The van der Waals surface area contributed by atoms with Crippen LogP contribution in [0.25, 0.3) is 0 Å². The number of carbonyl (C=O) groups is 2. The maximum Gasteiger partial charge on any atom is 0.251 e. The second-order valence-corrected chi connectivity index (χ2v) is 10.5. The predicted molar refractivity (Wildman–Crippen MR) is 163 cm³/mol. The molecule has 1 aromatic heterocycles. The van der Waals surface area contributed by atoms with Crippen LogP contribution in [0.15, 0.2) is 60.8 Å². The Labute approximate surface area is 242 Å². The van der Waals surface area contributed by atoms with Crippen LogP contribution >= 0.6 is 0 Å². The van der Waals surface area contributed by atoms with Crippen LogP contribution in [0, 0.1) is 17.8 Å². The van der Waals surface area contributed by atoms with Crippen molar-refractivity contribution in [1.82, 2.24) is 20.2 Å². The van der Waals surface area contributed by atoms with Gasteiger partial charge in [-0.2, -0.15) is 4.98 Å². The number of likely N-dealkylation sites (tertiary alicyclic amines) is 1. The third kappa shape index (κ3) is 7.83. The summed E-state index contributed by atoms with van der Waals surface area (Å²) in [7, 11) is 2.10. The standard InChI is InChI=1S/C31H35N7O2.CH4/c1-38-18-16-25(17-19-38)34-30(40)22-12-14-24(15-13-22)35-31-33-20-23(11-10-21-6-3-2-4-7-21)29(37-31)36-27-9-5-8-26(27)28(32)39;/h2-4,6-7,12-15,20,25-27H,5,8-9,16-19H2,1H3,(H2,32,39)(H,34,40)(H2,33,35,36,37);1H4/t26-,27+;/m0./s1. The fourth-order valence-electron chi connectivity index (χ4n) is 5.21. The summed E-state index contributed by atoms with van der Waals surface area (Å²) < 4.78 is 0. The number of anilines is 3. The van der Waals surface area contributed by atoms with Crippen LogP contribution in [-0.4, -0.2) is 58.9 Å². The van der Waals surface area contributed by atoms with Crippen LogP contribution in [0.3, 0.4) is 0 Å². The number of benzene rings is 2. The average molecular weight is 554 g/mol. The fourth-order valence-corrected chi connectivity index (χ4v) is 5.21. The Morgan fingerprint density at radius 1 is 0.976 bits per heavy atom. The number of rotatable bonds is 7. The lowest BCUT2D eigenvalue weighted by molar-refractivity contribution is -0.121. The summed E-state index contributed by atoms with van der Waals surface area (Å²) >= 11 is 0. The molecular weight excluding hydrogens is 514 g/mol. The highest BCUT2D eigenvalue weighted by atomic mass is 16.2. The summed E-state index contributed by atoms with van der Waals surface area (Å²) in [4.78, 5) is 36.2. The van der Waals surface area contributed by atoms with Gasteiger partial charge in [0.25, 0.3) is 5.91 Å². The summed E-state index contributed by atoms with van der Waals surface area (Å²) in [6, 6.07) is 17.1. The summed E-state index contributed by atoms with van der Waals surface area (Å²) in [6.45, 7) is 1.98. The zero-order valence-corrected chi connectivity index (χ0v) is 22.7. The maximum absolute atomic E-state index is 12.7. The second-order valence-electron chi connectivity index (χ2n) is 10.5. The molecule has 0 radical (unpaired) electrons. The Kier molecular flexibility index (Phi) is 9.93. The van der Waals surface area contributed by atoms with Crippen molar-refractivity contribution >= 4 is 29.3 Å². The normalized spacial score (nSPS) is 18.9. The van der Waals surface area contributed by atoms with E-state index in [2.05, 4.69) is 44.7 Å². The highest BCUT2D eigenvalue weighted by Crippen LogP contribution is 2.29.